The summed E-state index contributed by atoms with van der Waals surface area (Å²) in [6.45, 7) is 0.566. The third-order valence-electron chi connectivity index (χ3n) is 4.28. The van der Waals surface area contributed by atoms with Crippen LogP contribution < -0.4 is 5.73 Å². The lowest BCUT2D eigenvalue weighted by Crippen LogP contribution is -2.50. The Morgan fingerprint density at radius 1 is 1.43 bits per heavy atom. The predicted molar refractivity (Wildman–Crippen MR) is 84.3 cm³/mol. The molecule has 2 rings (SSSR count). The lowest BCUT2D eigenvalue weighted by molar-refractivity contribution is -0.138. The second-order valence-electron chi connectivity index (χ2n) is 5.72. The van der Waals surface area contributed by atoms with Crippen molar-refractivity contribution in [3.63, 3.8) is 0 Å². The zero-order valence-electron chi connectivity index (χ0n) is 12.4. The van der Waals surface area contributed by atoms with Gasteiger partial charge in [0.1, 0.15) is 5.41 Å². The molecular weight excluding hydrogens is 286 g/mol. The van der Waals surface area contributed by atoms with E-state index < -0.39 is 5.41 Å². The third kappa shape index (κ3) is 3.37. The maximum absolute atomic E-state index is 13.0. The van der Waals surface area contributed by atoms with E-state index in [9.17, 15) is 4.79 Å². The molecule has 0 spiro atoms. The van der Waals surface area contributed by atoms with Gasteiger partial charge in [-0.05, 0) is 24.3 Å². The molecule has 0 aromatic carbocycles. The van der Waals surface area contributed by atoms with E-state index in [2.05, 4.69) is 5.16 Å². The zero-order valence-corrected chi connectivity index (χ0v) is 13.2. The maximum Gasteiger partial charge on any atom is 0.236 e. The molecule has 1 heterocycles. The average Bonchev–Trinajstić information content (AvgIpc) is 2.87. The third-order valence-corrected chi connectivity index (χ3v) is 5.15. The first-order valence-corrected chi connectivity index (χ1v) is 8.24. The molecule has 116 valence electrons. The molecule has 3 N–H and O–H groups in total. The van der Waals surface area contributed by atoms with Crippen LogP contribution in [-0.4, -0.2) is 28.9 Å². The van der Waals surface area contributed by atoms with Crippen molar-refractivity contribution in [2.75, 3.05) is 7.05 Å². The van der Waals surface area contributed by atoms with Crippen LogP contribution in [-0.2, 0) is 11.3 Å². The lowest BCUT2D eigenvalue weighted by Gasteiger charge is -2.33. The Labute approximate surface area is 129 Å². The molecular formula is C15H23N3O2S. The van der Waals surface area contributed by atoms with Crippen molar-refractivity contribution in [2.24, 2.45) is 16.3 Å². The molecule has 0 radical (unpaired) electrons. The molecule has 0 aliphatic heterocycles. The molecule has 1 saturated carbocycles. The normalized spacial score (nSPS) is 19.0. The van der Waals surface area contributed by atoms with Gasteiger partial charge in [0.25, 0.3) is 0 Å². The summed E-state index contributed by atoms with van der Waals surface area (Å²) in [5, 5.41) is 14.3. The van der Waals surface area contributed by atoms with E-state index in [-0.39, 0.29) is 11.7 Å². The van der Waals surface area contributed by atoms with Crippen LogP contribution in [0.2, 0.25) is 0 Å². The number of carbonyl (C=O) groups is 1. The Morgan fingerprint density at radius 2 is 2.10 bits per heavy atom. The zero-order chi connectivity index (χ0) is 15.3. The van der Waals surface area contributed by atoms with Gasteiger partial charge in [0, 0.05) is 11.9 Å². The minimum absolute atomic E-state index is 0.0342. The van der Waals surface area contributed by atoms with Gasteiger partial charge in [-0.25, -0.2) is 0 Å². The fourth-order valence-electron chi connectivity index (χ4n) is 3.08. The molecule has 1 amide bonds. The number of oxime groups is 1. The van der Waals surface area contributed by atoms with Crippen molar-refractivity contribution < 1.29 is 10.0 Å². The predicted octanol–water partition coefficient (Wildman–Crippen LogP) is 2.79. The molecule has 1 fully saturated rings. The van der Waals surface area contributed by atoms with Crippen LogP contribution in [0.25, 0.3) is 0 Å². The van der Waals surface area contributed by atoms with E-state index >= 15 is 0 Å². The molecule has 21 heavy (non-hydrogen) atoms. The summed E-state index contributed by atoms with van der Waals surface area (Å²) in [5.74, 6) is 0.0283. The van der Waals surface area contributed by atoms with Crippen molar-refractivity contribution in [3.8, 4) is 0 Å². The van der Waals surface area contributed by atoms with Crippen LogP contribution in [0, 0.1) is 5.41 Å². The summed E-state index contributed by atoms with van der Waals surface area (Å²) < 4.78 is 0. The van der Waals surface area contributed by atoms with Crippen LogP contribution in [0.15, 0.2) is 22.7 Å². The van der Waals surface area contributed by atoms with E-state index in [0.29, 0.717) is 19.4 Å². The highest BCUT2D eigenvalue weighted by Gasteiger charge is 2.44. The summed E-state index contributed by atoms with van der Waals surface area (Å²) in [7, 11) is 1.79. The van der Waals surface area contributed by atoms with Crippen molar-refractivity contribution >= 4 is 23.1 Å². The fourth-order valence-corrected chi connectivity index (χ4v) is 3.84. The second-order valence-corrected chi connectivity index (χ2v) is 6.75. The van der Waals surface area contributed by atoms with E-state index in [1.54, 1.807) is 23.3 Å². The van der Waals surface area contributed by atoms with Gasteiger partial charge in [0.15, 0.2) is 5.84 Å². The number of hydrogen-bond donors (Lipinski definition) is 2. The highest BCUT2D eigenvalue weighted by molar-refractivity contribution is 7.09. The number of nitrogens with two attached hydrogens (primary N) is 1. The summed E-state index contributed by atoms with van der Waals surface area (Å²) >= 11 is 1.63. The molecule has 5 nitrogen and oxygen atoms in total. The molecule has 0 bridgehead atoms. The SMILES string of the molecule is CN(Cc1cccs1)C(=O)C1(C(N)=NO)CCCCCC1. The number of thiophene rings is 1. The first kappa shape index (κ1) is 15.8. The minimum atomic E-state index is -0.836. The summed E-state index contributed by atoms with van der Waals surface area (Å²) in [6.07, 6.45) is 5.40. The van der Waals surface area contributed by atoms with Gasteiger partial charge in [-0.1, -0.05) is 36.9 Å². The van der Waals surface area contributed by atoms with E-state index in [1.807, 2.05) is 17.5 Å². The number of carbonyl (C=O) groups excluding carboxylic acids is 1. The van der Waals surface area contributed by atoms with Crippen LogP contribution in [0.3, 0.4) is 0 Å². The molecule has 1 aliphatic rings. The summed E-state index contributed by atoms with van der Waals surface area (Å²) in [6, 6.07) is 3.99. The van der Waals surface area contributed by atoms with Gasteiger partial charge in [-0.2, -0.15) is 0 Å². The molecule has 1 aromatic rings. The van der Waals surface area contributed by atoms with Crippen LogP contribution in [0.5, 0.6) is 0 Å². The van der Waals surface area contributed by atoms with Crippen LogP contribution in [0.4, 0.5) is 0 Å². The standard InChI is InChI=1S/C15H23N3O2S/c1-18(11-12-7-6-10-21-12)14(19)15(13(16)17-20)8-4-2-3-5-9-15/h6-7,10,20H,2-5,8-9,11H2,1H3,(H2,16,17). The Balaban J connectivity index is 2.21. The van der Waals surface area contributed by atoms with Crippen LogP contribution in [0.1, 0.15) is 43.4 Å². The summed E-state index contributed by atoms with van der Waals surface area (Å²) in [4.78, 5) is 15.8. The van der Waals surface area contributed by atoms with Gasteiger partial charge in [-0.3, -0.25) is 4.79 Å². The van der Waals surface area contributed by atoms with Gasteiger partial charge in [0.2, 0.25) is 5.91 Å². The van der Waals surface area contributed by atoms with Crippen molar-refractivity contribution in [1.82, 2.24) is 4.90 Å². The Morgan fingerprint density at radius 3 is 2.62 bits per heavy atom. The first-order valence-electron chi connectivity index (χ1n) is 7.36. The van der Waals surface area contributed by atoms with E-state index in [0.717, 1.165) is 30.6 Å². The topological polar surface area (TPSA) is 78.9 Å². The molecule has 1 aliphatic carbocycles. The molecule has 0 saturated heterocycles. The van der Waals surface area contributed by atoms with Gasteiger partial charge in [0.05, 0.1) is 6.54 Å². The first-order chi connectivity index (χ1) is 10.1. The van der Waals surface area contributed by atoms with Crippen LogP contribution >= 0.6 is 11.3 Å². The highest BCUT2D eigenvalue weighted by Crippen LogP contribution is 2.37. The highest BCUT2D eigenvalue weighted by atomic mass is 32.1. The number of amidine groups is 1. The number of rotatable bonds is 4. The second kappa shape index (κ2) is 6.93. The fraction of sp³-hybridized carbons (Fsp3) is 0.600. The van der Waals surface area contributed by atoms with Gasteiger partial charge in [-0.15, -0.1) is 11.3 Å². The minimum Gasteiger partial charge on any atom is -0.409 e. The molecule has 0 atom stereocenters. The number of hydrogen-bond acceptors (Lipinski definition) is 4. The monoisotopic (exact) mass is 309 g/mol. The Kier molecular flexibility index (Phi) is 5.22. The maximum atomic E-state index is 13.0. The molecule has 0 unspecified atom stereocenters. The van der Waals surface area contributed by atoms with Gasteiger partial charge >= 0.3 is 0 Å². The smallest absolute Gasteiger partial charge is 0.236 e. The van der Waals surface area contributed by atoms with Crippen molar-refractivity contribution in [2.45, 2.75) is 45.1 Å². The Bertz CT molecular complexity index is 491. The van der Waals surface area contributed by atoms with E-state index in [1.165, 1.54) is 0 Å². The number of amides is 1. The van der Waals surface area contributed by atoms with E-state index in [4.69, 9.17) is 10.9 Å². The summed E-state index contributed by atoms with van der Waals surface area (Å²) in [5.41, 5.74) is 5.08. The average molecular weight is 309 g/mol. The number of nitrogens with zero attached hydrogens (tertiary/aromatic N) is 2. The molecule has 6 heteroatoms. The lowest BCUT2D eigenvalue weighted by atomic mass is 9.77. The Hall–Kier alpha value is -1.56. The van der Waals surface area contributed by atoms with Crippen molar-refractivity contribution in [1.29, 1.82) is 0 Å². The largest absolute Gasteiger partial charge is 0.409 e. The molecule has 1 aromatic heterocycles. The van der Waals surface area contributed by atoms with Gasteiger partial charge < -0.3 is 15.8 Å². The van der Waals surface area contributed by atoms with Crippen molar-refractivity contribution in [3.05, 3.63) is 22.4 Å². The quantitative estimate of drug-likeness (QED) is 0.295.